The fourth-order valence-corrected chi connectivity index (χ4v) is 4.03. The van der Waals surface area contributed by atoms with Gasteiger partial charge in [0.05, 0.1) is 24.9 Å². The Hall–Kier alpha value is 0.0300. The molecule has 0 aromatic rings. The van der Waals surface area contributed by atoms with Crippen molar-refractivity contribution in [1.29, 1.82) is 0 Å². The Morgan fingerprint density at radius 1 is 1.25 bits per heavy atom. The number of hydroxylamine groups is 2. The SMILES string of the molecule is C[C@@H]1O[C@@]2(COC(C)(C)C)CN(C)O[C@H]1C2OP(C)(=O)C(C)(C)C. The minimum atomic E-state index is -2.87. The Balaban J connectivity index is 2.31. The molecule has 2 aliphatic rings. The van der Waals surface area contributed by atoms with E-state index in [0.29, 0.717) is 13.2 Å². The van der Waals surface area contributed by atoms with Gasteiger partial charge in [0.2, 0.25) is 7.37 Å². The van der Waals surface area contributed by atoms with Gasteiger partial charge in [0, 0.05) is 18.9 Å². The topological polar surface area (TPSA) is 57.2 Å². The van der Waals surface area contributed by atoms with Crippen LogP contribution < -0.4 is 0 Å². The highest BCUT2D eigenvalue weighted by atomic mass is 31.2. The van der Waals surface area contributed by atoms with Crippen LogP contribution in [0, 0.1) is 0 Å². The Bertz CT molecular complexity index is 508. The first-order chi connectivity index (χ1) is 10.7. The van der Waals surface area contributed by atoms with Crippen molar-refractivity contribution in [2.45, 2.75) is 83.1 Å². The lowest BCUT2D eigenvalue weighted by Gasteiger charge is -2.45. The van der Waals surface area contributed by atoms with Crippen LogP contribution in [0.15, 0.2) is 0 Å². The number of likely N-dealkylation sites (N-methyl/N-ethyl adjacent to an activating group) is 1. The fraction of sp³-hybridized carbons (Fsp3) is 1.00. The normalized spacial score (nSPS) is 37.5. The molecular formula is C17H34NO5P. The van der Waals surface area contributed by atoms with Crippen molar-refractivity contribution < 1.29 is 23.4 Å². The van der Waals surface area contributed by atoms with E-state index < -0.39 is 24.2 Å². The second-order valence-corrected chi connectivity index (χ2v) is 12.4. The van der Waals surface area contributed by atoms with E-state index >= 15 is 0 Å². The molecule has 2 aliphatic heterocycles. The maximum Gasteiger partial charge on any atom is 0.205 e. The molecule has 24 heavy (non-hydrogen) atoms. The van der Waals surface area contributed by atoms with E-state index in [2.05, 4.69) is 0 Å². The zero-order chi connectivity index (χ0) is 18.6. The summed E-state index contributed by atoms with van der Waals surface area (Å²) in [5.41, 5.74) is -0.970. The summed E-state index contributed by atoms with van der Waals surface area (Å²) in [5.74, 6) is 0. The lowest BCUT2D eigenvalue weighted by Crippen LogP contribution is -2.60. The molecular weight excluding hydrogens is 329 g/mol. The summed E-state index contributed by atoms with van der Waals surface area (Å²) in [5, 5.41) is 1.34. The molecule has 2 fully saturated rings. The van der Waals surface area contributed by atoms with Crippen molar-refractivity contribution in [3.05, 3.63) is 0 Å². The van der Waals surface area contributed by atoms with Crippen molar-refractivity contribution in [2.24, 2.45) is 0 Å². The van der Waals surface area contributed by atoms with Crippen LogP contribution in [0.1, 0.15) is 48.5 Å². The quantitative estimate of drug-likeness (QED) is 0.715. The van der Waals surface area contributed by atoms with Gasteiger partial charge in [0.25, 0.3) is 0 Å². The largest absolute Gasteiger partial charge is 0.373 e. The van der Waals surface area contributed by atoms with Crippen molar-refractivity contribution in [2.75, 3.05) is 26.9 Å². The number of nitrogens with zero attached hydrogens (tertiary/aromatic N) is 1. The number of hydrogen-bond donors (Lipinski definition) is 0. The first-order valence-electron chi connectivity index (χ1n) is 8.63. The van der Waals surface area contributed by atoms with Gasteiger partial charge in [0.15, 0.2) is 0 Å². The monoisotopic (exact) mass is 363 g/mol. The highest BCUT2D eigenvalue weighted by Crippen LogP contribution is 2.59. The van der Waals surface area contributed by atoms with Gasteiger partial charge in [-0.25, -0.2) is 0 Å². The van der Waals surface area contributed by atoms with Gasteiger partial charge < -0.3 is 14.0 Å². The van der Waals surface area contributed by atoms with Crippen LogP contribution in [-0.2, 0) is 23.4 Å². The molecule has 142 valence electrons. The molecule has 2 bridgehead atoms. The van der Waals surface area contributed by atoms with E-state index in [4.69, 9.17) is 18.8 Å². The van der Waals surface area contributed by atoms with Crippen molar-refractivity contribution >= 4 is 7.37 Å². The summed E-state index contributed by atoms with van der Waals surface area (Å²) in [6.45, 7) is 16.4. The molecule has 2 saturated heterocycles. The molecule has 7 heteroatoms. The van der Waals surface area contributed by atoms with E-state index in [0.717, 1.165) is 0 Å². The van der Waals surface area contributed by atoms with Gasteiger partial charge in [-0.15, -0.1) is 0 Å². The average Bonchev–Trinajstić information content (AvgIpc) is 2.51. The summed E-state index contributed by atoms with van der Waals surface area (Å²) >= 11 is 0. The van der Waals surface area contributed by atoms with Crippen molar-refractivity contribution in [3.63, 3.8) is 0 Å². The van der Waals surface area contributed by atoms with Gasteiger partial charge >= 0.3 is 0 Å². The van der Waals surface area contributed by atoms with Gasteiger partial charge in [-0.1, -0.05) is 20.8 Å². The number of ether oxygens (including phenoxy) is 2. The summed E-state index contributed by atoms with van der Waals surface area (Å²) in [7, 11) is -0.986. The fourth-order valence-electron chi connectivity index (χ4n) is 2.97. The van der Waals surface area contributed by atoms with E-state index in [1.54, 1.807) is 11.7 Å². The van der Waals surface area contributed by atoms with Crippen LogP contribution in [0.2, 0.25) is 0 Å². The van der Waals surface area contributed by atoms with Crippen molar-refractivity contribution in [1.82, 2.24) is 5.06 Å². The first-order valence-corrected chi connectivity index (χ1v) is 10.7. The molecule has 2 rings (SSSR count). The molecule has 0 N–H and O–H groups in total. The second-order valence-electron chi connectivity index (χ2n) is 9.19. The minimum Gasteiger partial charge on any atom is -0.373 e. The molecule has 0 saturated carbocycles. The predicted molar refractivity (Wildman–Crippen MR) is 94.6 cm³/mol. The Labute approximate surface area is 146 Å². The molecule has 5 atom stereocenters. The summed E-state index contributed by atoms with van der Waals surface area (Å²) < 4.78 is 31.7. The number of hydrogen-bond acceptors (Lipinski definition) is 6. The van der Waals surface area contributed by atoms with E-state index in [-0.39, 0.29) is 17.8 Å². The summed E-state index contributed by atoms with van der Waals surface area (Å²) in [6.07, 6.45) is -0.854. The first kappa shape index (κ1) is 20.3. The molecule has 0 spiro atoms. The van der Waals surface area contributed by atoms with Crippen molar-refractivity contribution in [3.8, 4) is 0 Å². The van der Waals surface area contributed by atoms with E-state index in [9.17, 15) is 4.57 Å². The smallest absolute Gasteiger partial charge is 0.205 e. The second kappa shape index (κ2) is 6.33. The summed E-state index contributed by atoms with van der Waals surface area (Å²) in [4.78, 5) is 5.92. The minimum absolute atomic E-state index is 0.150. The average molecular weight is 363 g/mol. The van der Waals surface area contributed by atoms with Crippen LogP contribution in [0.25, 0.3) is 0 Å². The lowest BCUT2D eigenvalue weighted by molar-refractivity contribution is -0.257. The van der Waals surface area contributed by atoms with Crippen LogP contribution in [0.3, 0.4) is 0 Å². The third-order valence-corrected chi connectivity index (χ3v) is 7.84. The highest BCUT2D eigenvalue weighted by Gasteiger charge is 2.62. The molecule has 0 aromatic carbocycles. The maximum absolute atomic E-state index is 13.2. The van der Waals surface area contributed by atoms with Gasteiger partial charge in [0.1, 0.15) is 17.8 Å². The number of fused-ring (bicyclic) bond motifs is 2. The van der Waals surface area contributed by atoms with E-state index in [1.807, 2.05) is 55.5 Å². The van der Waals surface area contributed by atoms with Crippen LogP contribution in [-0.4, -0.2) is 66.6 Å². The Kier molecular flexibility index (Phi) is 5.36. The maximum atomic E-state index is 13.2. The zero-order valence-corrected chi connectivity index (χ0v) is 17.5. The standard InChI is InChI=1S/C17H34NO5P/c1-12-13-14(23-24(9,19)16(5,6)7)17(21-12,10-18(8)22-13)11-20-15(2,3)4/h12-14H,10-11H2,1-9H3/t12-,13+,14?,17+,24?/m0/s1. The molecule has 2 unspecified atom stereocenters. The molecule has 6 nitrogen and oxygen atoms in total. The number of rotatable bonds is 4. The zero-order valence-electron chi connectivity index (χ0n) is 16.6. The van der Waals surface area contributed by atoms with Gasteiger partial charge in [-0.2, -0.15) is 5.06 Å². The predicted octanol–water partition coefficient (Wildman–Crippen LogP) is 3.30. The third kappa shape index (κ3) is 4.05. The third-order valence-electron chi connectivity index (χ3n) is 4.77. The van der Waals surface area contributed by atoms with Crippen LogP contribution in [0.4, 0.5) is 0 Å². The lowest BCUT2D eigenvalue weighted by atomic mass is 9.93. The summed E-state index contributed by atoms with van der Waals surface area (Å²) in [6, 6.07) is 0. The Morgan fingerprint density at radius 2 is 1.83 bits per heavy atom. The van der Waals surface area contributed by atoms with Gasteiger partial charge in [-0.3, -0.25) is 9.40 Å². The van der Waals surface area contributed by atoms with Crippen LogP contribution in [0.5, 0.6) is 0 Å². The van der Waals surface area contributed by atoms with Crippen LogP contribution >= 0.6 is 7.37 Å². The molecule has 0 aromatic heterocycles. The van der Waals surface area contributed by atoms with E-state index in [1.165, 1.54) is 0 Å². The van der Waals surface area contributed by atoms with Gasteiger partial charge in [-0.05, 0) is 27.7 Å². The highest BCUT2D eigenvalue weighted by molar-refractivity contribution is 7.59. The molecule has 0 aliphatic carbocycles. The molecule has 0 radical (unpaired) electrons. The molecule has 0 amide bonds. The molecule has 2 heterocycles. The Morgan fingerprint density at radius 3 is 2.33 bits per heavy atom.